The summed E-state index contributed by atoms with van der Waals surface area (Å²) >= 11 is 0. The number of esters is 1. The fourth-order valence-corrected chi connectivity index (χ4v) is 5.42. The van der Waals surface area contributed by atoms with E-state index in [1.165, 1.54) is 24.9 Å². The van der Waals surface area contributed by atoms with Crippen molar-refractivity contribution in [2.45, 2.75) is 32.2 Å². The first kappa shape index (κ1) is 24.8. The van der Waals surface area contributed by atoms with E-state index < -0.39 is 0 Å². The highest BCUT2D eigenvalue weighted by Gasteiger charge is 2.30. The molecule has 0 atom stereocenters. The molecule has 7 heteroatoms. The van der Waals surface area contributed by atoms with Gasteiger partial charge in [-0.3, -0.25) is 14.6 Å². The number of amides is 1. The van der Waals surface area contributed by atoms with Gasteiger partial charge in [0.05, 0.1) is 18.7 Å². The van der Waals surface area contributed by atoms with Crippen molar-refractivity contribution in [2.24, 2.45) is 0 Å². The van der Waals surface area contributed by atoms with Crippen LogP contribution in [-0.2, 0) is 9.53 Å². The largest absolute Gasteiger partial charge is 0.462 e. The van der Waals surface area contributed by atoms with Crippen molar-refractivity contribution in [3.05, 3.63) is 54.1 Å². The van der Waals surface area contributed by atoms with Crippen molar-refractivity contribution >= 4 is 17.6 Å². The molecular weight excluding hydrogens is 452 g/mol. The number of carbonyl (C=O) groups is 2. The van der Waals surface area contributed by atoms with Crippen LogP contribution < -0.4 is 4.90 Å². The molecule has 192 valence electrons. The number of hydrogen-bond donors (Lipinski definition) is 0. The van der Waals surface area contributed by atoms with Gasteiger partial charge in [0.15, 0.2) is 0 Å². The van der Waals surface area contributed by atoms with Gasteiger partial charge < -0.3 is 14.5 Å². The Balaban J connectivity index is 1.08. The summed E-state index contributed by atoms with van der Waals surface area (Å²) < 4.78 is 5.06. The lowest BCUT2D eigenvalue weighted by Crippen LogP contribution is -2.56. The van der Waals surface area contributed by atoms with E-state index in [1.54, 1.807) is 0 Å². The molecule has 0 unspecified atom stereocenters. The van der Waals surface area contributed by atoms with E-state index in [2.05, 4.69) is 43.9 Å². The van der Waals surface area contributed by atoms with Gasteiger partial charge in [0.2, 0.25) is 5.91 Å². The average Bonchev–Trinajstić information content (AvgIpc) is 2.89. The maximum Gasteiger partial charge on any atom is 0.338 e. The second kappa shape index (κ2) is 11.4. The van der Waals surface area contributed by atoms with Crippen LogP contribution in [0.25, 0.3) is 11.1 Å². The predicted molar refractivity (Wildman–Crippen MR) is 142 cm³/mol. The monoisotopic (exact) mass is 490 g/mol. The van der Waals surface area contributed by atoms with Crippen molar-refractivity contribution in [3.63, 3.8) is 0 Å². The third kappa shape index (κ3) is 5.73. The van der Waals surface area contributed by atoms with Gasteiger partial charge in [0.25, 0.3) is 0 Å². The van der Waals surface area contributed by atoms with Crippen LogP contribution in [-0.4, -0.2) is 98.1 Å². The van der Waals surface area contributed by atoms with E-state index in [-0.39, 0.29) is 11.9 Å². The number of rotatable bonds is 7. The van der Waals surface area contributed by atoms with Gasteiger partial charge in [0, 0.05) is 64.1 Å². The molecular formula is C29H38N4O3. The van der Waals surface area contributed by atoms with Gasteiger partial charge in [-0.2, -0.15) is 0 Å². The first-order valence-corrected chi connectivity index (χ1v) is 13.5. The molecule has 0 aromatic heterocycles. The first-order chi connectivity index (χ1) is 17.6. The molecule has 5 rings (SSSR count). The molecule has 2 aromatic rings. The Morgan fingerprint density at radius 2 is 1.42 bits per heavy atom. The normalized spacial score (nSPS) is 19.7. The Labute approximate surface area is 214 Å². The summed E-state index contributed by atoms with van der Waals surface area (Å²) in [5.74, 6) is 0.00167. The summed E-state index contributed by atoms with van der Waals surface area (Å²) in [6.45, 7) is 10.2. The molecule has 2 aromatic carbocycles. The van der Waals surface area contributed by atoms with E-state index >= 15 is 0 Å². The summed E-state index contributed by atoms with van der Waals surface area (Å²) in [5.41, 5.74) is 3.98. The van der Waals surface area contributed by atoms with Crippen LogP contribution in [0.2, 0.25) is 0 Å². The average molecular weight is 491 g/mol. The van der Waals surface area contributed by atoms with Gasteiger partial charge >= 0.3 is 5.97 Å². The SMILES string of the molecule is CCOC(=O)c1ccc(-c2ccc(N3CCN(CC(=O)N4CCN(C5CCC5)CC4)CC3)cc2)cc1. The lowest BCUT2D eigenvalue weighted by molar-refractivity contribution is -0.134. The molecule has 2 aliphatic heterocycles. The minimum atomic E-state index is -0.285. The minimum Gasteiger partial charge on any atom is -0.462 e. The van der Waals surface area contributed by atoms with Crippen molar-refractivity contribution in [1.82, 2.24) is 14.7 Å². The van der Waals surface area contributed by atoms with E-state index in [9.17, 15) is 9.59 Å². The summed E-state index contributed by atoms with van der Waals surface area (Å²) in [6, 6.07) is 16.9. The van der Waals surface area contributed by atoms with E-state index in [0.29, 0.717) is 18.7 Å². The van der Waals surface area contributed by atoms with Crippen LogP contribution in [0.1, 0.15) is 36.5 Å². The third-order valence-electron chi connectivity index (χ3n) is 7.95. The zero-order chi connectivity index (χ0) is 24.9. The molecule has 36 heavy (non-hydrogen) atoms. The second-order valence-corrected chi connectivity index (χ2v) is 10.1. The topological polar surface area (TPSA) is 56.3 Å². The number of carbonyl (C=O) groups excluding carboxylic acids is 2. The second-order valence-electron chi connectivity index (χ2n) is 10.1. The third-order valence-corrected chi connectivity index (χ3v) is 7.95. The van der Waals surface area contributed by atoms with Gasteiger partial charge in [-0.1, -0.05) is 30.7 Å². The number of benzene rings is 2. The molecule has 1 amide bonds. The molecule has 2 saturated heterocycles. The van der Waals surface area contributed by atoms with E-state index in [1.807, 2.05) is 31.2 Å². The number of nitrogens with zero attached hydrogens (tertiary/aromatic N) is 4. The first-order valence-electron chi connectivity index (χ1n) is 13.5. The summed E-state index contributed by atoms with van der Waals surface area (Å²) in [5, 5.41) is 0. The molecule has 0 N–H and O–H groups in total. The Kier molecular flexibility index (Phi) is 7.87. The van der Waals surface area contributed by atoms with Crippen LogP contribution in [0.3, 0.4) is 0 Å². The Hall–Kier alpha value is -2.90. The zero-order valence-electron chi connectivity index (χ0n) is 21.4. The Morgan fingerprint density at radius 1 is 0.806 bits per heavy atom. The molecule has 3 fully saturated rings. The Morgan fingerprint density at radius 3 is 1.97 bits per heavy atom. The van der Waals surface area contributed by atoms with Crippen molar-refractivity contribution in [2.75, 3.05) is 70.4 Å². The van der Waals surface area contributed by atoms with Crippen LogP contribution in [0.5, 0.6) is 0 Å². The van der Waals surface area contributed by atoms with Crippen molar-refractivity contribution in [1.29, 1.82) is 0 Å². The van der Waals surface area contributed by atoms with E-state index in [0.717, 1.165) is 69.5 Å². The van der Waals surface area contributed by atoms with Gasteiger partial charge in [-0.05, 0) is 55.2 Å². The smallest absolute Gasteiger partial charge is 0.338 e. The standard InChI is InChI=1S/C29H38N4O3/c1-2-36-29(35)25-8-6-23(7-9-25)24-10-12-27(13-11-24)31-16-14-30(15-17-31)22-28(34)33-20-18-32(19-21-33)26-4-3-5-26/h6-13,26H,2-5,14-22H2,1H3. The summed E-state index contributed by atoms with van der Waals surface area (Å²) in [4.78, 5) is 34.1. The van der Waals surface area contributed by atoms with Gasteiger partial charge in [0.1, 0.15) is 0 Å². The number of anilines is 1. The predicted octanol–water partition coefficient (Wildman–Crippen LogP) is 3.35. The minimum absolute atomic E-state index is 0.285. The van der Waals surface area contributed by atoms with Crippen LogP contribution >= 0.6 is 0 Å². The number of hydrogen-bond acceptors (Lipinski definition) is 6. The fourth-order valence-electron chi connectivity index (χ4n) is 5.42. The maximum atomic E-state index is 12.9. The molecule has 0 radical (unpaired) electrons. The highest BCUT2D eigenvalue weighted by atomic mass is 16.5. The quantitative estimate of drug-likeness (QED) is 0.555. The molecule has 3 aliphatic rings. The van der Waals surface area contributed by atoms with Crippen molar-refractivity contribution in [3.8, 4) is 11.1 Å². The number of piperazine rings is 2. The van der Waals surface area contributed by atoms with Gasteiger partial charge in [-0.25, -0.2) is 4.79 Å². The summed E-state index contributed by atoms with van der Waals surface area (Å²) in [6.07, 6.45) is 4.04. The molecule has 1 saturated carbocycles. The highest BCUT2D eigenvalue weighted by molar-refractivity contribution is 5.90. The summed E-state index contributed by atoms with van der Waals surface area (Å²) in [7, 11) is 0. The molecule has 2 heterocycles. The van der Waals surface area contributed by atoms with Crippen molar-refractivity contribution < 1.29 is 14.3 Å². The molecule has 0 spiro atoms. The fraction of sp³-hybridized carbons (Fsp3) is 0.517. The number of ether oxygens (including phenoxy) is 1. The zero-order valence-corrected chi connectivity index (χ0v) is 21.4. The van der Waals surface area contributed by atoms with Crippen LogP contribution in [0, 0.1) is 0 Å². The molecule has 0 bridgehead atoms. The van der Waals surface area contributed by atoms with Crippen LogP contribution in [0.15, 0.2) is 48.5 Å². The highest BCUT2D eigenvalue weighted by Crippen LogP contribution is 2.26. The maximum absolute atomic E-state index is 12.9. The molecule has 7 nitrogen and oxygen atoms in total. The lowest BCUT2D eigenvalue weighted by Gasteiger charge is -2.43. The Bertz CT molecular complexity index is 1020. The van der Waals surface area contributed by atoms with Gasteiger partial charge in [-0.15, -0.1) is 0 Å². The molecule has 1 aliphatic carbocycles. The van der Waals surface area contributed by atoms with Crippen LogP contribution in [0.4, 0.5) is 5.69 Å². The lowest BCUT2D eigenvalue weighted by atomic mass is 9.91. The van der Waals surface area contributed by atoms with E-state index in [4.69, 9.17) is 4.74 Å².